The Kier molecular flexibility index (Phi) is 7.30. The molecule has 1 aliphatic rings. The molecule has 8 heteroatoms. The average Bonchev–Trinajstić information content (AvgIpc) is 2.88. The lowest BCUT2D eigenvalue weighted by atomic mass is 9.84. The van der Waals surface area contributed by atoms with Gasteiger partial charge in [-0.15, -0.1) is 0 Å². The maximum Gasteiger partial charge on any atom is 0.416 e. The van der Waals surface area contributed by atoms with E-state index < -0.39 is 17.7 Å². The van der Waals surface area contributed by atoms with Gasteiger partial charge in [-0.25, -0.2) is 0 Å². The fraction of sp³-hybridized carbons (Fsp3) is 0.310. The highest BCUT2D eigenvalue weighted by Gasteiger charge is 2.39. The molecule has 0 aromatic heterocycles. The summed E-state index contributed by atoms with van der Waals surface area (Å²) in [7, 11) is 1.55. The van der Waals surface area contributed by atoms with Crippen LogP contribution < -0.4 is 14.5 Å². The number of anilines is 2. The Bertz CT molecular complexity index is 1300. The van der Waals surface area contributed by atoms with Crippen molar-refractivity contribution in [2.24, 2.45) is 0 Å². The Morgan fingerprint density at radius 3 is 2.35 bits per heavy atom. The molecule has 0 unspecified atom stereocenters. The van der Waals surface area contributed by atoms with Gasteiger partial charge < -0.3 is 14.5 Å². The summed E-state index contributed by atoms with van der Waals surface area (Å²) in [4.78, 5) is 30.4. The smallest absolute Gasteiger partial charge is 0.416 e. The molecule has 0 aliphatic carbocycles. The number of hydrogen-bond acceptors (Lipinski definition) is 3. The highest BCUT2D eigenvalue weighted by molar-refractivity contribution is 6.09. The molecular weight excluding hydrogens is 481 g/mol. The summed E-state index contributed by atoms with van der Waals surface area (Å²) >= 11 is 0. The van der Waals surface area contributed by atoms with Gasteiger partial charge in [0.05, 0.1) is 18.6 Å². The van der Waals surface area contributed by atoms with Crippen LogP contribution in [-0.4, -0.2) is 31.5 Å². The molecule has 0 radical (unpaired) electrons. The van der Waals surface area contributed by atoms with E-state index in [2.05, 4.69) is 0 Å². The molecule has 37 heavy (non-hydrogen) atoms. The molecule has 2 atom stereocenters. The Labute approximate surface area is 214 Å². The van der Waals surface area contributed by atoms with Crippen LogP contribution in [0, 0.1) is 6.92 Å². The Hall–Kier alpha value is -3.81. The minimum absolute atomic E-state index is 0.101. The number of amides is 2. The summed E-state index contributed by atoms with van der Waals surface area (Å²) in [6.45, 7) is 5.23. The number of alkyl halides is 3. The van der Waals surface area contributed by atoms with Gasteiger partial charge in [0.1, 0.15) is 5.75 Å². The SMILES string of the molecule is CCN(C(=O)[C@H]1C[C@H](C)N(C(=O)c2ccc(OC)cc2)c2ccccc21)c1ccc(C)c(C(F)(F)F)c1. The van der Waals surface area contributed by atoms with Crippen LogP contribution in [-0.2, 0) is 11.0 Å². The predicted octanol–water partition coefficient (Wildman–Crippen LogP) is 6.60. The van der Waals surface area contributed by atoms with Crippen molar-refractivity contribution in [2.75, 3.05) is 23.5 Å². The first-order valence-electron chi connectivity index (χ1n) is 12.1. The zero-order valence-corrected chi connectivity index (χ0v) is 21.2. The molecule has 0 bridgehead atoms. The third-order valence-corrected chi connectivity index (χ3v) is 6.86. The van der Waals surface area contributed by atoms with Crippen molar-refractivity contribution in [2.45, 2.75) is 45.3 Å². The zero-order chi connectivity index (χ0) is 26.9. The number of aryl methyl sites for hydroxylation is 1. The Morgan fingerprint density at radius 2 is 1.73 bits per heavy atom. The van der Waals surface area contributed by atoms with Crippen LogP contribution in [0.5, 0.6) is 5.75 Å². The number of hydrogen-bond donors (Lipinski definition) is 0. The van der Waals surface area contributed by atoms with E-state index in [-0.39, 0.29) is 35.7 Å². The molecule has 1 aliphatic heterocycles. The van der Waals surface area contributed by atoms with E-state index in [0.717, 1.165) is 6.07 Å². The molecule has 3 aromatic rings. The van der Waals surface area contributed by atoms with Crippen molar-refractivity contribution in [3.8, 4) is 5.75 Å². The molecule has 0 saturated carbocycles. The second-order valence-corrected chi connectivity index (χ2v) is 9.18. The second-order valence-electron chi connectivity index (χ2n) is 9.18. The summed E-state index contributed by atoms with van der Waals surface area (Å²) < 4.78 is 45.8. The maximum absolute atomic E-state index is 13.8. The first kappa shape index (κ1) is 26.3. The molecule has 5 nitrogen and oxygen atoms in total. The van der Waals surface area contributed by atoms with Crippen molar-refractivity contribution < 1.29 is 27.5 Å². The molecule has 0 N–H and O–H groups in total. The summed E-state index contributed by atoms with van der Waals surface area (Å²) in [6.07, 6.45) is -4.18. The van der Waals surface area contributed by atoms with Crippen LogP contribution in [0.2, 0.25) is 0 Å². The van der Waals surface area contributed by atoms with E-state index >= 15 is 0 Å². The zero-order valence-electron chi connectivity index (χ0n) is 21.2. The molecule has 3 aromatic carbocycles. The number of benzene rings is 3. The number of carbonyl (C=O) groups is 2. The van der Waals surface area contributed by atoms with Crippen molar-refractivity contribution in [3.05, 3.63) is 89.0 Å². The van der Waals surface area contributed by atoms with E-state index in [4.69, 9.17) is 4.74 Å². The summed E-state index contributed by atoms with van der Waals surface area (Å²) in [5.41, 5.74) is 1.33. The number of likely N-dealkylation sites (N-methyl/N-ethyl adjacent to an activating group) is 1. The Morgan fingerprint density at radius 1 is 1.05 bits per heavy atom. The van der Waals surface area contributed by atoms with Crippen LogP contribution in [0.25, 0.3) is 0 Å². The monoisotopic (exact) mass is 510 g/mol. The van der Waals surface area contributed by atoms with Gasteiger partial charge in [0.2, 0.25) is 5.91 Å². The largest absolute Gasteiger partial charge is 0.497 e. The highest BCUT2D eigenvalue weighted by atomic mass is 19.4. The van der Waals surface area contributed by atoms with Gasteiger partial charge in [-0.2, -0.15) is 13.2 Å². The number of ether oxygens (including phenoxy) is 1. The van der Waals surface area contributed by atoms with Crippen molar-refractivity contribution >= 4 is 23.2 Å². The first-order chi connectivity index (χ1) is 17.6. The molecule has 0 fully saturated rings. The van der Waals surface area contributed by atoms with Crippen molar-refractivity contribution in [1.29, 1.82) is 0 Å². The van der Waals surface area contributed by atoms with Gasteiger partial charge in [-0.3, -0.25) is 9.59 Å². The molecule has 194 valence electrons. The summed E-state index contributed by atoms with van der Waals surface area (Å²) in [6, 6.07) is 17.7. The van der Waals surface area contributed by atoms with Crippen LogP contribution in [0.4, 0.5) is 24.5 Å². The second kappa shape index (κ2) is 10.3. The first-order valence-corrected chi connectivity index (χ1v) is 12.1. The number of carbonyl (C=O) groups excluding carboxylic acids is 2. The third kappa shape index (κ3) is 5.05. The number of fused-ring (bicyclic) bond motifs is 1. The van der Waals surface area contributed by atoms with Crippen molar-refractivity contribution in [1.82, 2.24) is 0 Å². The number of rotatable bonds is 5. The lowest BCUT2D eigenvalue weighted by molar-refractivity contribution is -0.138. The quantitative estimate of drug-likeness (QED) is 0.389. The minimum Gasteiger partial charge on any atom is -0.497 e. The summed E-state index contributed by atoms with van der Waals surface area (Å²) in [5.74, 6) is -0.468. The van der Waals surface area contributed by atoms with Crippen LogP contribution in [0.15, 0.2) is 66.7 Å². The fourth-order valence-corrected chi connectivity index (χ4v) is 4.97. The lowest BCUT2D eigenvalue weighted by Gasteiger charge is -2.40. The standard InChI is InChI=1S/C29H29F3N2O3/c1-5-33(21-13-10-18(2)25(17-21)29(30,31)32)28(36)24-16-19(3)34(26-9-7-6-8-23(24)26)27(35)20-11-14-22(37-4)15-12-20/h6-15,17,19,24H,5,16H2,1-4H3/t19-,24-/m0/s1. The van der Waals surface area contributed by atoms with Gasteiger partial charge in [-0.05, 0) is 80.8 Å². The Balaban J connectivity index is 1.70. The van der Waals surface area contributed by atoms with Crippen LogP contribution >= 0.6 is 0 Å². The third-order valence-electron chi connectivity index (χ3n) is 6.86. The molecule has 0 saturated heterocycles. The fourth-order valence-electron chi connectivity index (χ4n) is 4.97. The molecule has 1 heterocycles. The van der Waals surface area contributed by atoms with E-state index in [1.807, 2.05) is 13.0 Å². The van der Waals surface area contributed by atoms with Crippen molar-refractivity contribution in [3.63, 3.8) is 0 Å². The minimum atomic E-state index is -4.52. The van der Waals surface area contributed by atoms with Crippen LogP contribution in [0.3, 0.4) is 0 Å². The summed E-state index contributed by atoms with van der Waals surface area (Å²) in [5, 5.41) is 0. The van der Waals surface area contributed by atoms with Gasteiger partial charge >= 0.3 is 6.18 Å². The number of halogens is 3. The number of para-hydroxylation sites is 1. The molecule has 4 rings (SSSR count). The topological polar surface area (TPSA) is 49.9 Å². The highest BCUT2D eigenvalue weighted by Crippen LogP contribution is 2.41. The van der Waals surface area contributed by atoms with Gasteiger partial charge in [0.25, 0.3) is 5.91 Å². The van der Waals surface area contributed by atoms with Gasteiger partial charge in [-0.1, -0.05) is 24.3 Å². The van der Waals surface area contributed by atoms with Gasteiger partial charge in [0.15, 0.2) is 0 Å². The molecular formula is C29H29F3N2O3. The average molecular weight is 511 g/mol. The normalized spacial score (nSPS) is 17.2. The van der Waals surface area contributed by atoms with E-state index in [1.165, 1.54) is 17.9 Å². The van der Waals surface area contributed by atoms with E-state index in [1.54, 1.807) is 67.5 Å². The van der Waals surface area contributed by atoms with E-state index in [9.17, 15) is 22.8 Å². The maximum atomic E-state index is 13.8. The van der Waals surface area contributed by atoms with E-state index in [0.29, 0.717) is 29.0 Å². The van der Waals surface area contributed by atoms with Crippen LogP contribution in [0.1, 0.15) is 53.2 Å². The lowest BCUT2D eigenvalue weighted by Crippen LogP contribution is -2.46. The predicted molar refractivity (Wildman–Crippen MR) is 137 cm³/mol. The number of methoxy groups -OCH3 is 1. The van der Waals surface area contributed by atoms with Gasteiger partial charge in [0, 0.05) is 29.5 Å². The molecule has 0 spiro atoms. The number of nitrogens with zero attached hydrogens (tertiary/aromatic N) is 2. The molecule has 2 amide bonds.